The summed E-state index contributed by atoms with van der Waals surface area (Å²) in [7, 11) is 0. The van der Waals surface area contributed by atoms with E-state index in [0.717, 1.165) is 48.1 Å². The van der Waals surface area contributed by atoms with E-state index < -0.39 is 0 Å². The van der Waals surface area contributed by atoms with Crippen molar-refractivity contribution in [2.75, 3.05) is 0 Å². The van der Waals surface area contributed by atoms with Crippen molar-refractivity contribution in [1.29, 1.82) is 0 Å². The SMILES string of the molecule is Cc1c(/C=C2/Sc3ccccc3C2=O)c2ccccc2n1Cc1ccccc1Cl. The van der Waals surface area contributed by atoms with Crippen LogP contribution in [0, 0.1) is 6.92 Å². The van der Waals surface area contributed by atoms with Crippen molar-refractivity contribution >= 4 is 46.1 Å². The molecule has 0 fully saturated rings. The highest BCUT2D eigenvalue weighted by molar-refractivity contribution is 8.04. The van der Waals surface area contributed by atoms with Gasteiger partial charge in [-0.25, -0.2) is 0 Å². The Morgan fingerprint density at radius 3 is 2.52 bits per heavy atom. The monoisotopic (exact) mass is 415 g/mol. The van der Waals surface area contributed by atoms with Crippen LogP contribution in [0.5, 0.6) is 0 Å². The third kappa shape index (κ3) is 3.11. The standard InChI is InChI=1S/C25H18ClNOS/c1-16-20(14-24-25(28)19-10-4-7-13-23(19)29-24)18-9-3-6-12-22(18)27(16)15-17-8-2-5-11-21(17)26/h2-14H,15H2,1H3/b24-14+. The van der Waals surface area contributed by atoms with E-state index in [9.17, 15) is 4.79 Å². The van der Waals surface area contributed by atoms with Gasteiger partial charge in [0.2, 0.25) is 5.78 Å². The average Bonchev–Trinajstić information content (AvgIpc) is 3.20. The van der Waals surface area contributed by atoms with Crippen molar-refractivity contribution in [3.8, 4) is 0 Å². The average molecular weight is 416 g/mol. The molecule has 29 heavy (non-hydrogen) atoms. The van der Waals surface area contributed by atoms with Crippen LogP contribution in [0.25, 0.3) is 17.0 Å². The quantitative estimate of drug-likeness (QED) is 0.336. The molecule has 1 aliphatic rings. The number of fused-ring (bicyclic) bond motifs is 2. The second kappa shape index (κ2) is 7.25. The Morgan fingerprint density at radius 1 is 0.966 bits per heavy atom. The van der Waals surface area contributed by atoms with Crippen molar-refractivity contribution in [3.05, 3.63) is 105 Å². The maximum absolute atomic E-state index is 12.9. The summed E-state index contributed by atoms with van der Waals surface area (Å²) in [5, 5.41) is 1.91. The Hall–Kier alpha value is -2.75. The largest absolute Gasteiger partial charge is 0.340 e. The third-order valence-corrected chi connectivity index (χ3v) is 6.88. The molecular formula is C25H18ClNOS. The summed E-state index contributed by atoms with van der Waals surface area (Å²) in [5.41, 5.74) is 5.24. The van der Waals surface area contributed by atoms with Gasteiger partial charge in [-0.15, -0.1) is 0 Å². The van der Waals surface area contributed by atoms with Crippen LogP contribution in [0.1, 0.15) is 27.2 Å². The minimum Gasteiger partial charge on any atom is -0.340 e. The lowest BCUT2D eigenvalue weighted by Crippen LogP contribution is -2.02. The fourth-order valence-corrected chi connectivity index (χ4v) is 5.14. The number of Topliss-reactive ketones (excluding diaryl/α,β-unsaturated/α-hetero) is 1. The van der Waals surface area contributed by atoms with Crippen LogP contribution in [0.4, 0.5) is 0 Å². The number of hydrogen-bond donors (Lipinski definition) is 0. The fraction of sp³-hybridized carbons (Fsp3) is 0.0800. The van der Waals surface area contributed by atoms with Gasteiger partial charge in [0.25, 0.3) is 0 Å². The molecule has 1 aromatic heterocycles. The topological polar surface area (TPSA) is 22.0 Å². The van der Waals surface area contributed by atoms with Crippen molar-refractivity contribution in [2.45, 2.75) is 18.4 Å². The van der Waals surface area contributed by atoms with Gasteiger partial charge in [0, 0.05) is 44.2 Å². The number of benzene rings is 3. The molecule has 0 saturated heterocycles. The lowest BCUT2D eigenvalue weighted by Gasteiger charge is -2.10. The second-order valence-electron chi connectivity index (χ2n) is 7.13. The first kappa shape index (κ1) is 18.3. The van der Waals surface area contributed by atoms with E-state index in [-0.39, 0.29) is 5.78 Å². The zero-order valence-corrected chi connectivity index (χ0v) is 17.4. The van der Waals surface area contributed by atoms with Crippen LogP contribution < -0.4 is 0 Å². The van der Waals surface area contributed by atoms with Crippen LogP contribution >= 0.6 is 23.4 Å². The molecular weight excluding hydrogens is 398 g/mol. The summed E-state index contributed by atoms with van der Waals surface area (Å²) in [6, 6.07) is 24.1. The molecule has 0 radical (unpaired) electrons. The number of carbonyl (C=O) groups is 1. The van der Waals surface area contributed by atoms with Crippen molar-refractivity contribution in [3.63, 3.8) is 0 Å². The molecule has 0 amide bonds. The van der Waals surface area contributed by atoms with Crippen LogP contribution in [0.15, 0.2) is 82.6 Å². The van der Waals surface area contributed by atoms with Gasteiger partial charge < -0.3 is 4.57 Å². The summed E-state index contributed by atoms with van der Waals surface area (Å²) in [6.07, 6.45) is 2.05. The predicted molar refractivity (Wildman–Crippen MR) is 122 cm³/mol. The van der Waals surface area contributed by atoms with Crippen molar-refractivity contribution in [1.82, 2.24) is 4.57 Å². The first-order valence-electron chi connectivity index (χ1n) is 9.48. The Kier molecular flexibility index (Phi) is 4.57. The highest BCUT2D eigenvalue weighted by Crippen LogP contribution is 2.42. The molecule has 142 valence electrons. The fourth-order valence-electron chi connectivity index (χ4n) is 3.91. The number of nitrogens with zero attached hydrogens (tertiary/aromatic N) is 1. The number of allylic oxidation sites excluding steroid dienone is 1. The first-order chi connectivity index (χ1) is 14.1. The molecule has 0 bridgehead atoms. The molecule has 2 heterocycles. The van der Waals surface area contributed by atoms with Crippen LogP contribution in [-0.4, -0.2) is 10.4 Å². The molecule has 0 unspecified atom stereocenters. The van der Waals surface area contributed by atoms with Crippen molar-refractivity contribution < 1.29 is 4.79 Å². The second-order valence-corrected chi connectivity index (χ2v) is 8.62. The number of ketones is 1. The van der Waals surface area contributed by atoms with Gasteiger partial charge in [0.05, 0.1) is 4.91 Å². The lowest BCUT2D eigenvalue weighted by molar-refractivity contribution is 0.104. The minimum atomic E-state index is 0.105. The number of halogens is 1. The van der Waals surface area contributed by atoms with Gasteiger partial charge in [-0.3, -0.25) is 4.79 Å². The Balaban J connectivity index is 1.64. The number of thioether (sulfide) groups is 1. The third-order valence-electron chi connectivity index (χ3n) is 5.42. The molecule has 0 N–H and O–H groups in total. The molecule has 3 aromatic carbocycles. The van der Waals surface area contributed by atoms with E-state index in [0.29, 0.717) is 6.54 Å². The summed E-state index contributed by atoms with van der Waals surface area (Å²) in [4.78, 5) is 14.7. The van der Waals surface area contributed by atoms with Crippen LogP contribution in [-0.2, 0) is 6.54 Å². The van der Waals surface area contributed by atoms with E-state index in [1.54, 1.807) is 11.8 Å². The van der Waals surface area contributed by atoms with Crippen LogP contribution in [0.3, 0.4) is 0 Å². The number of hydrogen-bond acceptors (Lipinski definition) is 2. The Bertz CT molecular complexity index is 1300. The molecule has 4 heteroatoms. The molecule has 0 atom stereocenters. The van der Waals surface area contributed by atoms with E-state index >= 15 is 0 Å². The van der Waals surface area contributed by atoms with Gasteiger partial charge in [0.15, 0.2) is 0 Å². The molecule has 0 saturated carbocycles. The first-order valence-corrected chi connectivity index (χ1v) is 10.7. The molecule has 1 aliphatic heterocycles. The number of para-hydroxylation sites is 1. The number of carbonyl (C=O) groups excluding carboxylic acids is 1. The van der Waals surface area contributed by atoms with Crippen molar-refractivity contribution in [2.24, 2.45) is 0 Å². The van der Waals surface area contributed by atoms with Crippen LogP contribution in [0.2, 0.25) is 5.02 Å². The summed E-state index contributed by atoms with van der Waals surface area (Å²) >= 11 is 7.97. The van der Waals surface area contributed by atoms with Gasteiger partial charge in [-0.1, -0.05) is 71.9 Å². The maximum atomic E-state index is 12.9. The Labute approximate surface area is 178 Å². The summed E-state index contributed by atoms with van der Waals surface area (Å²) in [6.45, 7) is 2.80. The van der Waals surface area contributed by atoms with Gasteiger partial charge >= 0.3 is 0 Å². The zero-order valence-electron chi connectivity index (χ0n) is 15.9. The van der Waals surface area contributed by atoms with E-state index in [1.165, 1.54) is 0 Å². The maximum Gasteiger partial charge on any atom is 0.200 e. The Morgan fingerprint density at radius 2 is 1.69 bits per heavy atom. The predicted octanol–water partition coefficient (Wildman–Crippen LogP) is 6.98. The molecule has 0 aliphatic carbocycles. The molecule has 4 aromatic rings. The smallest absolute Gasteiger partial charge is 0.200 e. The minimum absolute atomic E-state index is 0.105. The molecule has 5 rings (SSSR count). The number of aromatic nitrogens is 1. The van der Waals surface area contributed by atoms with Gasteiger partial charge in [-0.2, -0.15) is 0 Å². The van der Waals surface area contributed by atoms with Gasteiger partial charge in [0.1, 0.15) is 0 Å². The molecule has 2 nitrogen and oxygen atoms in total. The molecule has 0 spiro atoms. The van der Waals surface area contributed by atoms with E-state index in [1.807, 2.05) is 60.7 Å². The van der Waals surface area contributed by atoms with Gasteiger partial charge in [-0.05, 0) is 42.8 Å². The lowest BCUT2D eigenvalue weighted by atomic mass is 10.1. The zero-order chi connectivity index (χ0) is 20.0. The normalized spacial score (nSPS) is 14.7. The highest BCUT2D eigenvalue weighted by Gasteiger charge is 2.26. The summed E-state index contributed by atoms with van der Waals surface area (Å²) < 4.78 is 2.28. The van der Waals surface area contributed by atoms with E-state index in [2.05, 4.69) is 29.7 Å². The number of rotatable bonds is 3. The highest BCUT2D eigenvalue weighted by atomic mass is 35.5. The van der Waals surface area contributed by atoms with E-state index in [4.69, 9.17) is 11.6 Å². The summed E-state index contributed by atoms with van der Waals surface area (Å²) in [5.74, 6) is 0.105.